The SMILES string of the molecule is O=C(Cc1ccc(F)c(Cl)c1)c1cc(S(=O)(=O)NC2CCC(O)CC2)ccc1Cl. The van der Waals surface area contributed by atoms with Gasteiger partial charge in [-0.25, -0.2) is 17.5 Å². The van der Waals surface area contributed by atoms with Crippen LogP contribution >= 0.6 is 23.2 Å². The van der Waals surface area contributed by atoms with Gasteiger partial charge in [-0.05, 0) is 61.6 Å². The van der Waals surface area contributed by atoms with Gasteiger partial charge < -0.3 is 5.11 Å². The van der Waals surface area contributed by atoms with Gasteiger partial charge >= 0.3 is 0 Å². The Bertz CT molecular complexity index is 1020. The molecular weight excluding hydrogens is 440 g/mol. The molecule has 1 aliphatic rings. The Morgan fingerprint density at radius 3 is 2.41 bits per heavy atom. The summed E-state index contributed by atoms with van der Waals surface area (Å²) in [6.07, 6.45) is 1.68. The molecule has 0 saturated heterocycles. The molecule has 0 heterocycles. The fraction of sp³-hybridized carbons (Fsp3) is 0.350. The van der Waals surface area contributed by atoms with Crippen molar-refractivity contribution in [3.63, 3.8) is 0 Å². The van der Waals surface area contributed by atoms with Gasteiger partial charge in [0.05, 0.1) is 21.0 Å². The number of nitrogens with one attached hydrogen (secondary N) is 1. The van der Waals surface area contributed by atoms with Crippen molar-refractivity contribution in [2.75, 3.05) is 0 Å². The second-order valence-electron chi connectivity index (χ2n) is 7.12. The highest BCUT2D eigenvalue weighted by Gasteiger charge is 2.26. The molecule has 0 unspecified atom stereocenters. The molecule has 1 saturated carbocycles. The lowest BCUT2D eigenvalue weighted by Gasteiger charge is -2.26. The number of sulfonamides is 1. The quantitative estimate of drug-likeness (QED) is 0.635. The lowest BCUT2D eigenvalue weighted by molar-refractivity contribution is 0.0992. The van der Waals surface area contributed by atoms with Gasteiger partial charge in [-0.1, -0.05) is 29.3 Å². The Hall–Kier alpha value is -1.51. The van der Waals surface area contributed by atoms with Crippen LogP contribution in [0.2, 0.25) is 10.0 Å². The van der Waals surface area contributed by atoms with Gasteiger partial charge in [0.1, 0.15) is 5.82 Å². The average Bonchev–Trinajstić information content (AvgIpc) is 2.66. The Kier molecular flexibility index (Phi) is 6.96. The van der Waals surface area contributed by atoms with Gasteiger partial charge in [0.25, 0.3) is 0 Å². The lowest BCUT2D eigenvalue weighted by Crippen LogP contribution is -2.38. The molecule has 156 valence electrons. The molecule has 1 aliphatic carbocycles. The Labute approximate surface area is 178 Å². The van der Waals surface area contributed by atoms with E-state index in [4.69, 9.17) is 23.2 Å². The molecule has 0 aromatic heterocycles. The smallest absolute Gasteiger partial charge is 0.240 e. The van der Waals surface area contributed by atoms with E-state index in [1.165, 1.54) is 36.4 Å². The number of aliphatic hydroxyl groups excluding tert-OH is 1. The van der Waals surface area contributed by atoms with Crippen LogP contribution in [-0.2, 0) is 16.4 Å². The number of hydrogen-bond acceptors (Lipinski definition) is 4. The van der Waals surface area contributed by atoms with Crippen LogP contribution in [-0.4, -0.2) is 31.5 Å². The van der Waals surface area contributed by atoms with Crippen molar-refractivity contribution in [3.05, 3.63) is 63.4 Å². The molecule has 0 atom stereocenters. The minimum Gasteiger partial charge on any atom is -0.393 e. The fourth-order valence-corrected chi connectivity index (χ4v) is 5.05. The van der Waals surface area contributed by atoms with Crippen LogP contribution in [0.1, 0.15) is 41.6 Å². The summed E-state index contributed by atoms with van der Waals surface area (Å²) in [6.45, 7) is 0. The number of halogens is 3. The standard InChI is InChI=1S/C20H20Cl2FNO4S/c21-17-7-6-15(29(27,28)24-13-2-4-14(25)5-3-13)11-16(17)20(26)10-12-1-8-19(23)18(22)9-12/h1,6-9,11,13-14,24-25H,2-5,10H2. The lowest BCUT2D eigenvalue weighted by atomic mass is 9.94. The predicted molar refractivity (Wildman–Crippen MR) is 109 cm³/mol. The van der Waals surface area contributed by atoms with Gasteiger partial charge in [0.2, 0.25) is 10.0 Å². The maximum Gasteiger partial charge on any atom is 0.240 e. The highest BCUT2D eigenvalue weighted by molar-refractivity contribution is 7.89. The van der Waals surface area contributed by atoms with E-state index in [0.717, 1.165) is 0 Å². The number of carbonyl (C=O) groups excluding carboxylic acids is 1. The first-order valence-electron chi connectivity index (χ1n) is 9.13. The average molecular weight is 460 g/mol. The van der Waals surface area contributed by atoms with E-state index in [9.17, 15) is 22.7 Å². The first-order valence-corrected chi connectivity index (χ1v) is 11.4. The summed E-state index contributed by atoms with van der Waals surface area (Å²) < 4.78 is 41.4. The topological polar surface area (TPSA) is 83.5 Å². The van der Waals surface area contributed by atoms with Gasteiger partial charge in [0.15, 0.2) is 5.78 Å². The zero-order valence-corrected chi connectivity index (χ0v) is 17.7. The summed E-state index contributed by atoms with van der Waals surface area (Å²) in [5.41, 5.74) is 0.554. The maximum absolute atomic E-state index is 13.3. The molecule has 29 heavy (non-hydrogen) atoms. The van der Waals surface area contributed by atoms with Crippen molar-refractivity contribution < 1.29 is 22.7 Å². The maximum atomic E-state index is 13.3. The first-order chi connectivity index (χ1) is 13.7. The summed E-state index contributed by atoms with van der Waals surface area (Å²) >= 11 is 11.9. The van der Waals surface area contributed by atoms with Gasteiger partial charge in [-0.15, -0.1) is 0 Å². The van der Waals surface area contributed by atoms with Gasteiger partial charge in [-0.3, -0.25) is 4.79 Å². The molecule has 9 heteroatoms. The van der Waals surface area contributed by atoms with Crippen LogP contribution in [0, 0.1) is 5.82 Å². The summed E-state index contributed by atoms with van der Waals surface area (Å²) in [5.74, 6) is -0.995. The molecule has 2 aromatic rings. The van der Waals surface area contributed by atoms with Crippen molar-refractivity contribution in [3.8, 4) is 0 Å². The molecule has 0 radical (unpaired) electrons. The number of benzene rings is 2. The third-order valence-corrected chi connectivity index (χ3v) is 7.05. The normalized spacial score (nSPS) is 19.9. The number of Topliss-reactive ketones (excluding diaryl/α,β-unsaturated/α-hetero) is 1. The van der Waals surface area contributed by atoms with Crippen LogP contribution in [0.5, 0.6) is 0 Å². The molecule has 2 N–H and O–H groups in total. The molecule has 1 fully saturated rings. The Balaban J connectivity index is 1.79. The van der Waals surface area contributed by atoms with E-state index in [1.807, 2.05) is 0 Å². The van der Waals surface area contributed by atoms with Crippen molar-refractivity contribution in [1.82, 2.24) is 4.72 Å². The zero-order chi connectivity index (χ0) is 21.2. The Morgan fingerprint density at radius 2 is 1.76 bits per heavy atom. The third kappa shape index (κ3) is 5.55. The summed E-state index contributed by atoms with van der Waals surface area (Å²) in [5, 5.41) is 9.60. The third-order valence-electron chi connectivity index (χ3n) is 4.92. The van der Waals surface area contributed by atoms with Gasteiger partial charge in [0, 0.05) is 18.0 Å². The van der Waals surface area contributed by atoms with Crippen LogP contribution < -0.4 is 4.72 Å². The number of ketones is 1. The van der Waals surface area contributed by atoms with Crippen LogP contribution in [0.25, 0.3) is 0 Å². The second-order valence-corrected chi connectivity index (χ2v) is 9.65. The summed E-state index contributed by atoms with van der Waals surface area (Å²) in [7, 11) is -3.85. The minimum atomic E-state index is -3.85. The molecule has 2 aromatic carbocycles. The van der Waals surface area contributed by atoms with Crippen molar-refractivity contribution in [2.45, 2.75) is 49.1 Å². The van der Waals surface area contributed by atoms with E-state index in [2.05, 4.69) is 4.72 Å². The summed E-state index contributed by atoms with van der Waals surface area (Å²) in [6, 6.07) is 7.64. The van der Waals surface area contributed by atoms with Crippen molar-refractivity contribution >= 4 is 39.0 Å². The van der Waals surface area contributed by atoms with E-state index < -0.39 is 27.7 Å². The van der Waals surface area contributed by atoms with Crippen LogP contribution in [0.4, 0.5) is 4.39 Å². The van der Waals surface area contributed by atoms with Crippen LogP contribution in [0.3, 0.4) is 0 Å². The molecule has 0 bridgehead atoms. The van der Waals surface area contributed by atoms with Crippen molar-refractivity contribution in [2.24, 2.45) is 0 Å². The van der Waals surface area contributed by atoms with Gasteiger partial charge in [-0.2, -0.15) is 0 Å². The van der Waals surface area contributed by atoms with E-state index in [1.54, 1.807) is 0 Å². The number of rotatable bonds is 6. The summed E-state index contributed by atoms with van der Waals surface area (Å²) in [4.78, 5) is 12.6. The minimum absolute atomic E-state index is 0.0616. The number of hydrogen-bond donors (Lipinski definition) is 2. The molecule has 0 aliphatic heterocycles. The van der Waals surface area contributed by atoms with E-state index >= 15 is 0 Å². The first kappa shape index (κ1) is 22.2. The van der Waals surface area contributed by atoms with E-state index in [0.29, 0.717) is 31.2 Å². The Morgan fingerprint density at radius 1 is 1.07 bits per heavy atom. The largest absolute Gasteiger partial charge is 0.393 e. The molecular formula is C20H20Cl2FNO4S. The van der Waals surface area contributed by atoms with E-state index in [-0.39, 0.29) is 33.0 Å². The predicted octanol–water partition coefficient (Wildman–Crippen LogP) is 4.14. The zero-order valence-electron chi connectivity index (χ0n) is 15.4. The molecule has 5 nitrogen and oxygen atoms in total. The number of aliphatic hydroxyl groups is 1. The highest BCUT2D eigenvalue weighted by Crippen LogP contribution is 2.25. The molecule has 0 spiro atoms. The number of carbonyl (C=O) groups is 1. The fourth-order valence-electron chi connectivity index (χ4n) is 3.30. The monoisotopic (exact) mass is 459 g/mol. The second kappa shape index (κ2) is 9.10. The van der Waals surface area contributed by atoms with Crippen molar-refractivity contribution in [1.29, 1.82) is 0 Å². The van der Waals surface area contributed by atoms with Crippen LogP contribution in [0.15, 0.2) is 41.3 Å². The molecule has 0 amide bonds. The highest BCUT2D eigenvalue weighted by atomic mass is 35.5. The molecule has 3 rings (SSSR count).